The molecule has 1 aromatic carbocycles. The first-order valence-electron chi connectivity index (χ1n) is 5.63. The Morgan fingerprint density at radius 3 is 2.94 bits per heavy atom. The zero-order valence-electron chi connectivity index (χ0n) is 9.21. The quantitative estimate of drug-likeness (QED) is 0.594. The lowest BCUT2D eigenvalue weighted by Crippen LogP contribution is -2.12. The summed E-state index contributed by atoms with van der Waals surface area (Å²) in [4.78, 5) is 0. The summed E-state index contributed by atoms with van der Waals surface area (Å²) in [5.74, 6) is 0.811. The first-order valence-corrected chi connectivity index (χ1v) is 6.01. The molecular weight excluding hydrogens is 224 g/mol. The molecule has 3 nitrogen and oxygen atoms in total. The zero-order valence-corrected chi connectivity index (χ0v) is 9.96. The van der Waals surface area contributed by atoms with Gasteiger partial charge < -0.3 is 15.8 Å². The fraction of sp³-hybridized carbons (Fsp3) is 0.500. The van der Waals surface area contributed by atoms with Gasteiger partial charge in [0.25, 0.3) is 0 Å². The van der Waals surface area contributed by atoms with Crippen LogP contribution in [-0.4, -0.2) is 19.8 Å². The molecule has 0 heterocycles. The van der Waals surface area contributed by atoms with Gasteiger partial charge in [-0.2, -0.15) is 0 Å². The molecule has 1 saturated carbocycles. The van der Waals surface area contributed by atoms with Gasteiger partial charge in [-0.1, -0.05) is 17.7 Å². The van der Waals surface area contributed by atoms with E-state index in [1.165, 1.54) is 12.8 Å². The van der Waals surface area contributed by atoms with Crippen molar-refractivity contribution in [3.05, 3.63) is 23.2 Å². The Morgan fingerprint density at radius 1 is 1.44 bits per heavy atom. The summed E-state index contributed by atoms with van der Waals surface area (Å²) in [7, 11) is 0. The molecule has 0 amide bonds. The number of hydrogen-bond acceptors (Lipinski definition) is 3. The zero-order chi connectivity index (χ0) is 11.4. The summed E-state index contributed by atoms with van der Waals surface area (Å²) in [5, 5.41) is 3.85. The highest BCUT2D eigenvalue weighted by molar-refractivity contribution is 6.33. The minimum atomic E-state index is 0.655. The molecule has 0 spiro atoms. The lowest BCUT2D eigenvalue weighted by atomic mass is 10.2. The van der Waals surface area contributed by atoms with Gasteiger partial charge in [0.05, 0.1) is 23.0 Å². The molecule has 0 bridgehead atoms. The highest BCUT2D eigenvalue weighted by Crippen LogP contribution is 2.29. The number of nitrogens with two attached hydrogens (primary N) is 1. The Morgan fingerprint density at radius 2 is 2.25 bits per heavy atom. The summed E-state index contributed by atoms with van der Waals surface area (Å²) in [5.41, 5.74) is 7.29. The van der Waals surface area contributed by atoms with Crippen LogP contribution in [0.15, 0.2) is 18.2 Å². The Balaban J connectivity index is 1.71. The molecule has 0 aromatic heterocycles. The molecule has 1 fully saturated rings. The third-order valence-electron chi connectivity index (χ3n) is 2.64. The van der Waals surface area contributed by atoms with Gasteiger partial charge >= 0.3 is 0 Å². The Kier molecular flexibility index (Phi) is 3.91. The number of nitrogens with one attached hydrogen (secondary N) is 1. The molecule has 0 saturated heterocycles. The summed E-state index contributed by atoms with van der Waals surface area (Å²) in [6.45, 7) is 2.32. The number of halogens is 1. The lowest BCUT2D eigenvalue weighted by Gasteiger charge is -2.11. The van der Waals surface area contributed by atoms with Gasteiger partial charge in [0.15, 0.2) is 0 Å². The predicted molar refractivity (Wildman–Crippen MR) is 67.9 cm³/mol. The summed E-state index contributed by atoms with van der Waals surface area (Å²) in [6.07, 6.45) is 2.65. The maximum Gasteiger partial charge on any atom is 0.0763 e. The van der Waals surface area contributed by atoms with E-state index in [0.717, 1.165) is 24.8 Å². The predicted octanol–water partition coefficient (Wildman–Crippen LogP) is 2.76. The number of ether oxygens (including phenoxy) is 1. The molecule has 16 heavy (non-hydrogen) atoms. The summed E-state index contributed by atoms with van der Waals surface area (Å²) < 4.78 is 5.51. The van der Waals surface area contributed by atoms with E-state index in [0.29, 0.717) is 17.3 Å². The van der Waals surface area contributed by atoms with Crippen LogP contribution < -0.4 is 11.1 Å². The normalized spacial score (nSPS) is 15.1. The minimum absolute atomic E-state index is 0.655. The van der Waals surface area contributed by atoms with Crippen LogP contribution in [0.3, 0.4) is 0 Å². The Hall–Kier alpha value is -0.930. The number of para-hydroxylation sites is 1. The van der Waals surface area contributed by atoms with Crippen LogP contribution in [0.25, 0.3) is 0 Å². The van der Waals surface area contributed by atoms with Gasteiger partial charge in [0.1, 0.15) is 0 Å². The van der Waals surface area contributed by atoms with E-state index >= 15 is 0 Å². The second kappa shape index (κ2) is 5.41. The van der Waals surface area contributed by atoms with Gasteiger partial charge in [-0.05, 0) is 30.9 Å². The van der Waals surface area contributed by atoms with Gasteiger partial charge in [0, 0.05) is 13.2 Å². The van der Waals surface area contributed by atoms with E-state index in [9.17, 15) is 0 Å². The first kappa shape index (κ1) is 11.6. The highest BCUT2D eigenvalue weighted by atomic mass is 35.5. The average molecular weight is 241 g/mol. The lowest BCUT2D eigenvalue weighted by molar-refractivity contribution is 0.134. The van der Waals surface area contributed by atoms with Crippen molar-refractivity contribution in [3.63, 3.8) is 0 Å². The van der Waals surface area contributed by atoms with Crippen molar-refractivity contribution in [1.29, 1.82) is 0 Å². The molecule has 1 aliphatic rings. The van der Waals surface area contributed by atoms with Crippen molar-refractivity contribution in [1.82, 2.24) is 0 Å². The SMILES string of the molecule is Nc1cccc(Cl)c1NCCOCC1CC1. The van der Waals surface area contributed by atoms with E-state index in [2.05, 4.69) is 5.32 Å². The summed E-state index contributed by atoms with van der Waals surface area (Å²) in [6, 6.07) is 5.50. The fourth-order valence-corrected chi connectivity index (χ4v) is 1.76. The largest absolute Gasteiger partial charge is 0.397 e. The van der Waals surface area contributed by atoms with Gasteiger partial charge in [-0.25, -0.2) is 0 Å². The van der Waals surface area contributed by atoms with Crippen molar-refractivity contribution in [2.75, 3.05) is 30.8 Å². The van der Waals surface area contributed by atoms with Crippen LogP contribution in [0.1, 0.15) is 12.8 Å². The van der Waals surface area contributed by atoms with Crippen molar-refractivity contribution in [2.24, 2.45) is 5.92 Å². The molecule has 0 radical (unpaired) electrons. The maximum absolute atomic E-state index is 6.02. The molecule has 4 heteroatoms. The van der Waals surface area contributed by atoms with E-state index in [-0.39, 0.29) is 0 Å². The van der Waals surface area contributed by atoms with Crippen molar-refractivity contribution < 1.29 is 4.74 Å². The van der Waals surface area contributed by atoms with Crippen LogP contribution in [0, 0.1) is 5.92 Å². The molecule has 0 atom stereocenters. The van der Waals surface area contributed by atoms with Gasteiger partial charge in [-0.3, -0.25) is 0 Å². The second-order valence-electron chi connectivity index (χ2n) is 4.15. The van der Waals surface area contributed by atoms with Crippen molar-refractivity contribution in [2.45, 2.75) is 12.8 Å². The van der Waals surface area contributed by atoms with Crippen LogP contribution >= 0.6 is 11.6 Å². The number of hydrogen-bond donors (Lipinski definition) is 2. The number of rotatable bonds is 6. The molecule has 0 unspecified atom stereocenters. The summed E-state index contributed by atoms with van der Waals surface area (Å²) >= 11 is 6.02. The van der Waals surface area contributed by atoms with Crippen molar-refractivity contribution >= 4 is 23.0 Å². The Bertz CT molecular complexity index is 333. The molecule has 0 aliphatic heterocycles. The van der Waals surface area contributed by atoms with E-state index in [1.54, 1.807) is 0 Å². The third-order valence-corrected chi connectivity index (χ3v) is 2.96. The van der Waals surface area contributed by atoms with Crippen LogP contribution in [-0.2, 0) is 4.74 Å². The average Bonchev–Trinajstić information content (AvgIpc) is 3.05. The molecule has 1 aliphatic carbocycles. The third kappa shape index (κ3) is 3.29. The molecule has 2 rings (SSSR count). The van der Waals surface area contributed by atoms with Crippen molar-refractivity contribution in [3.8, 4) is 0 Å². The van der Waals surface area contributed by atoms with Crippen LogP contribution in [0.4, 0.5) is 11.4 Å². The molecule has 1 aromatic rings. The fourth-order valence-electron chi connectivity index (χ4n) is 1.51. The van der Waals surface area contributed by atoms with E-state index in [1.807, 2.05) is 18.2 Å². The second-order valence-corrected chi connectivity index (χ2v) is 4.56. The van der Waals surface area contributed by atoms with E-state index in [4.69, 9.17) is 22.1 Å². The topological polar surface area (TPSA) is 47.3 Å². The maximum atomic E-state index is 6.02. The van der Waals surface area contributed by atoms with Crippen LogP contribution in [0.2, 0.25) is 5.02 Å². The highest BCUT2D eigenvalue weighted by Gasteiger charge is 2.20. The Labute approximate surface area is 101 Å². The molecular formula is C12H17ClN2O. The standard InChI is InChI=1S/C12H17ClN2O/c13-10-2-1-3-11(14)12(10)15-6-7-16-8-9-4-5-9/h1-3,9,15H,4-8,14H2. The van der Waals surface area contributed by atoms with Gasteiger partial charge in [0.2, 0.25) is 0 Å². The first-order chi connectivity index (χ1) is 7.77. The smallest absolute Gasteiger partial charge is 0.0763 e. The minimum Gasteiger partial charge on any atom is -0.397 e. The van der Waals surface area contributed by atoms with Crippen LogP contribution in [0.5, 0.6) is 0 Å². The monoisotopic (exact) mass is 240 g/mol. The number of benzene rings is 1. The molecule has 3 N–H and O–H groups in total. The van der Waals surface area contributed by atoms with E-state index < -0.39 is 0 Å². The number of nitrogen functional groups attached to an aromatic ring is 1. The van der Waals surface area contributed by atoms with Gasteiger partial charge in [-0.15, -0.1) is 0 Å². The number of anilines is 2. The molecule has 88 valence electrons.